The van der Waals surface area contributed by atoms with E-state index in [0.29, 0.717) is 5.69 Å². The maximum atomic E-state index is 11.5. The molecule has 0 spiro atoms. The number of phenols is 1. The fourth-order valence-corrected chi connectivity index (χ4v) is 1.94. The molecule has 0 fully saturated rings. The number of nitrogens with one attached hydrogen (secondary N) is 1. The minimum Gasteiger partial charge on any atom is -0.508 e. The number of phenolic OH excluding ortho intramolecular Hbond substituents is 1. The summed E-state index contributed by atoms with van der Waals surface area (Å²) in [5.41, 5.74) is 1.79. The third kappa shape index (κ3) is 1.73. The highest BCUT2D eigenvalue weighted by Crippen LogP contribution is 2.25. The van der Waals surface area contributed by atoms with Crippen LogP contribution in [0.1, 0.15) is 0 Å². The van der Waals surface area contributed by atoms with E-state index in [2.05, 4.69) is 9.97 Å². The average Bonchev–Trinajstić information content (AvgIpc) is 2.38. The van der Waals surface area contributed by atoms with Crippen molar-refractivity contribution in [2.45, 2.75) is 0 Å². The summed E-state index contributed by atoms with van der Waals surface area (Å²) in [6.07, 6.45) is 0. The maximum Gasteiger partial charge on any atom is 0.345 e. The number of aromatic hydroxyl groups is 1. The van der Waals surface area contributed by atoms with Crippen LogP contribution in [0.3, 0.4) is 0 Å². The van der Waals surface area contributed by atoms with Crippen molar-refractivity contribution in [2.75, 3.05) is 0 Å². The molecular weight excluding hydrogens is 228 g/mol. The minimum atomic E-state index is -0.378. The highest BCUT2D eigenvalue weighted by atomic mass is 16.3. The van der Waals surface area contributed by atoms with Crippen molar-refractivity contribution in [3.05, 3.63) is 59.0 Å². The van der Waals surface area contributed by atoms with Crippen LogP contribution in [-0.4, -0.2) is 15.1 Å². The summed E-state index contributed by atoms with van der Waals surface area (Å²) in [6, 6.07) is 14.1. The molecule has 0 aliphatic heterocycles. The molecule has 4 heteroatoms. The average molecular weight is 238 g/mol. The Morgan fingerprint density at radius 2 is 1.72 bits per heavy atom. The zero-order valence-corrected chi connectivity index (χ0v) is 9.42. The van der Waals surface area contributed by atoms with Crippen LogP contribution in [0.5, 0.6) is 5.75 Å². The van der Waals surface area contributed by atoms with Gasteiger partial charge in [0.25, 0.3) is 0 Å². The van der Waals surface area contributed by atoms with Crippen molar-refractivity contribution >= 4 is 10.9 Å². The Kier molecular flexibility index (Phi) is 2.34. The van der Waals surface area contributed by atoms with Gasteiger partial charge in [-0.05, 0) is 30.3 Å². The lowest BCUT2D eigenvalue weighted by Gasteiger charge is -2.05. The molecule has 88 valence electrons. The first-order valence-corrected chi connectivity index (χ1v) is 5.52. The lowest BCUT2D eigenvalue weighted by atomic mass is 10.1. The predicted molar refractivity (Wildman–Crippen MR) is 69.5 cm³/mol. The van der Waals surface area contributed by atoms with Crippen molar-refractivity contribution in [2.24, 2.45) is 0 Å². The zero-order valence-electron chi connectivity index (χ0n) is 9.42. The minimum absolute atomic E-state index is 0.188. The first-order chi connectivity index (χ1) is 8.74. The van der Waals surface area contributed by atoms with Crippen molar-refractivity contribution in [3.63, 3.8) is 0 Å². The Hall–Kier alpha value is -2.62. The van der Waals surface area contributed by atoms with Gasteiger partial charge in [0.15, 0.2) is 0 Å². The maximum absolute atomic E-state index is 11.5. The fraction of sp³-hybridized carbons (Fsp3) is 0. The number of rotatable bonds is 1. The molecule has 2 N–H and O–H groups in total. The summed E-state index contributed by atoms with van der Waals surface area (Å²) in [5.74, 6) is 0.188. The van der Waals surface area contributed by atoms with Gasteiger partial charge >= 0.3 is 5.69 Å². The summed E-state index contributed by atoms with van der Waals surface area (Å²) in [5, 5.41) is 10.2. The standard InChI is InChI=1S/C14H10N2O2/c17-10-7-5-9(6-8-10)13-11-3-1-2-4-12(11)15-14(18)16-13/h1-8,17H,(H,15,16,18). The van der Waals surface area contributed by atoms with Crippen LogP contribution in [0.2, 0.25) is 0 Å². The molecular formula is C14H10N2O2. The van der Waals surface area contributed by atoms with E-state index in [1.807, 2.05) is 24.3 Å². The van der Waals surface area contributed by atoms with Gasteiger partial charge < -0.3 is 10.1 Å². The van der Waals surface area contributed by atoms with Crippen LogP contribution < -0.4 is 5.69 Å². The SMILES string of the molecule is O=c1nc(-c2ccc(O)cc2)c2ccccc2[nH]1. The Morgan fingerprint density at radius 3 is 2.50 bits per heavy atom. The van der Waals surface area contributed by atoms with E-state index in [1.165, 1.54) is 0 Å². The van der Waals surface area contributed by atoms with Crippen molar-refractivity contribution in [1.82, 2.24) is 9.97 Å². The molecule has 18 heavy (non-hydrogen) atoms. The van der Waals surface area contributed by atoms with Gasteiger partial charge in [0.1, 0.15) is 5.75 Å². The molecule has 0 bridgehead atoms. The molecule has 4 nitrogen and oxygen atoms in total. The number of nitrogens with zero attached hydrogens (tertiary/aromatic N) is 1. The zero-order chi connectivity index (χ0) is 12.5. The van der Waals surface area contributed by atoms with Crippen molar-refractivity contribution in [3.8, 4) is 17.0 Å². The molecule has 0 saturated carbocycles. The first-order valence-electron chi connectivity index (χ1n) is 5.52. The van der Waals surface area contributed by atoms with E-state index in [1.54, 1.807) is 24.3 Å². The van der Waals surface area contributed by atoms with E-state index in [4.69, 9.17) is 0 Å². The number of benzene rings is 2. The predicted octanol–water partition coefficient (Wildman–Crippen LogP) is 2.30. The van der Waals surface area contributed by atoms with Crippen LogP contribution in [0, 0.1) is 0 Å². The van der Waals surface area contributed by atoms with Crippen molar-refractivity contribution < 1.29 is 5.11 Å². The Labute approximate surface area is 103 Å². The Morgan fingerprint density at radius 1 is 1.00 bits per heavy atom. The third-order valence-corrected chi connectivity index (χ3v) is 2.78. The smallest absolute Gasteiger partial charge is 0.345 e. The van der Waals surface area contributed by atoms with Gasteiger partial charge in [-0.1, -0.05) is 18.2 Å². The molecule has 0 aliphatic rings. The van der Waals surface area contributed by atoms with E-state index < -0.39 is 0 Å². The number of hydrogen-bond acceptors (Lipinski definition) is 3. The largest absolute Gasteiger partial charge is 0.508 e. The second-order valence-corrected chi connectivity index (χ2v) is 3.98. The third-order valence-electron chi connectivity index (χ3n) is 2.78. The summed E-state index contributed by atoms with van der Waals surface area (Å²) >= 11 is 0. The molecule has 0 atom stereocenters. The fourth-order valence-electron chi connectivity index (χ4n) is 1.94. The topological polar surface area (TPSA) is 66.0 Å². The van der Waals surface area contributed by atoms with Gasteiger partial charge in [-0.3, -0.25) is 0 Å². The number of aromatic amines is 1. The van der Waals surface area contributed by atoms with E-state index >= 15 is 0 Å². The Balaban J connectivity index is 2.34. The summed E-state index contributed by atoms with van der Waals surface area (Å²) in [6.45, 7) is 0. The van der Waals surface area contributed by atoms with Crippen LogP contribution in [0.15, 0.2) is 53.3 Å². The van der Waals surface area contributed by atoms with E-state index in [0.717, 1.165) is 16.5 Å². The summed E-state index contributed by atoms with van der Waals surface area (Å²) in [4.78, 5) is 18.2. The molecule has 0 saturated heterocycles. The molecule has 3 rings (SSSR count). The molecule has 0 amide bonds. The Bertz CT molecular complexity index is 761. The van der Waals surface area contributed by atoms with Gasteiger partial charge in [-0.25, -0.2) is 4.79 Å². The summed E-state index contributed by atoms with van der Waals surface area (Å²) in [7, 11) is 0. The molecule has 0 aliphatic carbocycles. The highest BCUT2D eigenvalue weighted by Gasteiger charge is 2.06. The number of hydrogen-bond donors (Lipinski definition) is 2. The lowest BCUT2D eigenvalue weighted by Crippen LogP contribution is -2.11. The van der Waals surface area contributed by atoms with Crippen LogP contribution >= 0.6 is 0 Å². The number of fused-ring (bicyclic) bond motifs is 1. The normalized spacial score (nSPS) is 10.7. The second kappa shape index (κ2) is 4.00. The van der Waals surface area contributed by atoms with E-state index in [-0.39, 0.29) is 11.4 Å². The molecule has 3 aromatic rings. The van der Waals surface area contributed by atoms with Crippen LogP contribution in [-0.2, 0) is 0 Å². The molecule has 1 aromatic heterocycles. The summed E-state index contributed by atoms with van der Waals surface area (Å²) < 4.78 is 0. The van der Waals surface area contributed by atoms with Gasteiger partial charge in [0.05, 0.1) is 11.2 Å². The lowest BCUT2D eigenvalue weighted by molar-refractivity contribution is 0.475. The van der Waals surface area contributed by atoms with Crippen LogP contribution in [0.4, 0.5) is 0 Å². The van der Waals surface area contributed by atoms with E-state index in [9.17, 15) is 9.90 Å². The monoisotopic (exact) mass is 238 g/mol. The van der Waals surface area contributed by atoms with Gasteiger partial charge in [0.2, 0.25) is 0 Å². The van der Waals surface area contributed by atoms with Gasteiger partial charge in [-0.2, -0.15) is 4.98 Å². The van der Waals surface area contributed by atoms with Gasteiger partial charge in [-0.15, -0.1) is 0 Å². The quantitative estimate of drug-likeness (QED) is 0.683. The number of aromatic nitrogens is 2. The first kappa shape index (κ1) is 10.5. The highest BCUT2D eigenvalue weighted by molar-refractivity contribution is 5.91. The molecule has 1 heterocycles. The van der Waals surface area contributed by atoms with Gasteiger partial charge in [0, 0.05) is 10.9 Å². The number of para-hydroxylation sites is 1. The number of H-pyrrole nitrogens is 1. The second-order valence-electron chi connectivity index (χ2n) is 3.98. The molecule has 0 unspecified atom stereocenters. The molecule has 0 radical (unpaired) electrons. The van der Waals surface area contributed by atoms with Crippen LogP contribution in [0.25, 0.3) is 22.2 Å². The van der Waals surface area contributed by atoms with Crippen molar-refractivity contribution in [1.29, 1.82) is 0 Å². The molecule has 2 aromatic carbocycles.